The Labute approximate surface area is 88.6 Å². The number of benzene rings is 1. The highest BCUT2D eigenvalue weighted by Crippen LogP contribution is 2.19. The molecule has 66 valence electrons. The van der Waals surface area contributed by atoms with Crippen LogP contribution in [0.4, 0.5) is 4.79 Å². The van der Waals surface area contributed by atoms with Crippen molar-refractivity contribution in [1.82, 2.24) is 0 Å². The molecule has 0 saturated carbocycles. The number of nitrogens with zero attached hydrogens (tertiary/aromatic N) is 1. The minimum atomic E-state index is -0.0853. The molecule has 0 spiro atoms. The van der Waals surface area contributed by atoms with Crippen LogP contribution in [0.25, 0.3) is 0 Å². The second-order valence-electron chi connectivity index (χ2n) is 2.62. The Morgan fingerprint density at radius 1 is 1.31 bits per heavy atom. The van der Waals surface area contributed by atoms with E-state index < -0.39 is 0 Å². The molecular weight excluding hydrogens is 250 g/mol. The standard InChI is InChI=1S/C9H6BrNOS/c10-7-3-1-6(2-4-7)8-5-13-9(12)11-8/h1-4H,5H2. The first-order valence-corrected chi connectivity index (χ1v) is 5.54. The average molecular weight is 256 g/mol. The second kappa shape index (κ2) is 3.64. The molecule has 4 heteroatoms. The molecule has 0 aromatic heterocycles. The van der Waals surface area contributed by atoms with Gasteiger partial charge in [0, 0.05) is 10.2 Å². The Kier molecular flexibility index (Phi) is 2.51. The van der Waals surface area contributed by atoms with Crippen molar-refractivity contribution < 1.29 is 4.79 Å². The van der Waals surface area contributed by atoms with Gasteiger partial charge in [-0.2, -0.15) is 0 Å². The summed E-state index contributed by atoms with van der Waals surface area (Å²) in [4.78, 5) is 14.8. The molecule has 1 amide bonds. The van der Waals surface area contributed by atoms with Crippen LogP contribution in [-0.4, -0.2) is 16.7 Å². The van der Waals surface area contributed by atoms with E-state index in [9.17, 15) is 4.79 Å². The van der Waals surface area contributed by atoms with Crippen LogP contribution in [0.2, 0.25) is 0 Å². The molecule has 1 aromatic rings. The molecule has 1 heterocycles. The zero-order valence-corrected chi connectivity index (χ0v) is 9.06. The zero-order chi connectivity index (χ0) is 9.26. The first-order chi connectivity index (χ1) is 6.25. The molecule has 1 aliphatic heterocycles. The van der Waals surface area contributed by atoms with E-state index >= 15 is 0 Å². The smallest absolute Gasteiger partial charge is 0.259 e. The molecule has 0 N–H and O–H groups in total. The summed E-state index contributed by atoms with van der Waals surface area (Å²) in [6.45, 7) is 0. The summed E-state index contributed by atoms with van der Waals surface area (Å²) >= 11 is 4.60. The lowest BCUT2D eigenvalue weighted by atomic mass is 10.1. The third kappa shape index (κ3) is 2.00. The summed E-state index contributed by atoms with van der Waals surface area (Å²) in [5.74, 6) is 0.695. The van der Waals surface area contributed by atoms with Gasteiger partial charge in [0.2, 0.25) is 0 Å². The number of carbonyl (C=O) groups is 1. The normalized spacial score (nSPS) is 16.1. The van der Waals surface area contributed by atoms with Gasteiger partial charge in [0.25, 0.3) is 0 Å². The van der Waals surface area contributed by atoms with E-state index in [2.05, 4.69) is 20.9 Å². The van der Waals surface area contributed by atoms with Gasteiger partial charge in [-0.15, -0.1) is 0 Å². The predicted molar refractivity (Wildman–Crippen MR) is 58.5 cm³/mol. The van der Waals surface area contributed by atoms with E-state index in [4.69, 9.17) is 0 Å². The van der Waals surface area contributed by atoms with E-state index in [1.165, 1.54) is 11.8 Å². The number of rotatable bonds is 1. The molecule has 0 saturated heterocycles. The summed E-state index contributed by atoms with van der Waals surface area (Å²) in [6, 6.07) is 7.82. The van der Waals surface area contributed by atoms with Crippen LogP contribution in [0.3, 0.4) is 0 Å². The van der Waals surface area contributed by atoms with E-state index in [0.29, 0.717) is 5.75 Å². The van der Waals surface area contributed by atoms with Gasteiger partial charge in [-0.25, -0.2) is 4.99 Å². The largest absolute Gasteiger partial charge is 0.305 e. The van der Waals surface area contributed by atoms with Crippen molar-refractivity contribution in [1.29, 1.82) is 0 Å². The third-order valence-corrected chi connectivity index (χ3v) is 3.02. The molecule has 2 nitrogen and oxygen atoms in total. The number of hydrogen-bond acceptors (Lipinski definition) is 2. The fraction of sp³-hybridized carbons (Fsp3) is 0.111. The van der Waals surface area contributed by atoms with Crippen molar-refractivity contribution in [3.63, 3.8) is 0 Å². The summed E-state index contributed by atoms with van der Waals surface area (Å²) < 4.78 is 1.04. The van der Waals surface area contributed by atoms with Gasteiger partial charge in [0.1, 0.15) is 0 Å². The van der Waals surface area contributed by atoms with Gasteiger partial charge >= 0.3 is 5.24 Å². The number of thioether (sulfide) groups is 1. The topological polar surface area (TPSA) is 29.4 Å². The van der Waals surface area contributed by atoms with Gasteiger partial charge in [-0.05, 0) is 17.7 Å². The number of aliphatic imine (C=N–C) groups is 1. The van der Waals surface area contributed by atoms with E-state index in [1.54, 1.807) is 0 Å². The highest BCUT2D eigenvalue weighted by molar-refractivity contribution is 9.10. The van der Waals surface area contributed by atoms with Crippen LogP contribution in [0.1, 0.15) is 5.56 Å². The van der Waals surface area contributed by atoms with E-state index in [0.717, 1.165) is 15.7 Å². The fourth-order valence-corrected chi connectivity index (χ4v) is 2.03. The Hall–Kier alpha value is -0.610. The fourth-order valence-electron chi connectivity index (χ4n) is 1.09. The summed E-state index contributed by atoms with van der Waals surface area (Å²) in [5, 5.41) is -0.0853. The Morgan fingerprint density at radius 2 is 2.00 bits per heavy atom. The number of hydrogen-bond donors (Lipinski definition) is 0. The molecule has 2 rings (SSSR count). The van der Waals surface area contributed by atoms with Crippen molar-refractivity contribution in [3.8, 4) is 0 Å². The maximum atomic E-state index is 10.9. The molecule has 0 bridgehead atoms. The van der Waals surface area contributed by atoms with Crippen molar-refractivity contribution in [3.05, 3.63) is 34.3 Å². The molecular formula is C9H6BrNOS. The van der Waals surface area contributed by atoms with Crippen LogP contribution in [0, 0.1) is 0 Å². The van der Waals surface area contributed by atoms with Crippen LogP contribution in [0.5, 0.6) is 0 Å². The van der Waals surface area contributed by atoms with Gasteiger partial charge in [-0.3, -0.25) is 4.79 Å². The van der Waals surface area contributed by atoms with Gasteiger partial charge in [-0.1, -0.05) is 39.8 Å². The van der Waals surface area contributed by atoms with Crippen molar-refractivity contribution in [2.75, 3.05) is 5.75 Å². The molecule has 0 unspecified atom stereocenters. The van der Waals surface area contributed by atoms with Crippen molar-refractivity contribution in [2.45, 2.75) is 0 Å². The average Bonchev–Trinajstić information content (AvgIpc) is 2.53. The van der Waals surface area contributed by atoms with Crippen LogP contribution in [0.15, 0.2) is 33.7 Å². The van der Waals surface area contributed by atoms with Gasteiger partial charge in [0.15, 0.2) is 0 Å². The Balaban J connectivity index is 2.31. The van der Waals surface area contributed by atoms with Crippen LogP contribution < -0.4 is 0 Å². The number of halogens is 1. The minimum absolute atomic E-state index is 0.0853. The molecule has 0 atom stereocenters. The molecule has 1 aromatic carbocycles. The van der Waals surface area contributed by atoms with Crippen LogP contribution >= 0.6 is 27.7 Å². The lowest BCUT2D eigenvalue weighted by Crippen LogP contribution is -1.98. The van der Waals surface area contributed by atoms with E-state index in [-0.39, 0.29) is 5.24 Å². The number of carbonyl (C=O) groups excluding carboxylic acids is 1. The minimum Gasteiger partial charge on any atom is -0.259 e. The molecule has 1 aliphatic rings. The predicted octanol–water partition coefficient (Wildman–Crippen LogP) is 3.11. The molecule has 0 fully saturated rings. The second-order valence-corrected chi connectivity index (χ2v) is 4.46. The SMILES string of the molecule is O=C1N=C(c2ccc(Br)cc2)CS1. The van der Waals surface area contributed by atoms with E-state index in [1.807, 2.05) is 24.3 Å². The first-order valence-electron chi connectivity index (χ1n) is 3.76. The zero-order valence-electron chi connectivity index (χ0n) is 6.66. The van der Waals surface area contributed by atoms with Crippen LogP contribution in [-0.2, 0) is 0 Å². The quantitative estimate of drug-likeness (QED) is 0.772. The summed E-state index contributed by atoms with van der Waals surface area (Å²) in [6.07, 6.45) is 0. The first kappa shape index (κ1) is 8.97. The monoisotopic (exact) mass is 255 g/mol. The molecule has 0 aliphatic carbocycles. The Bertz CT molecular complexity index is 372. The lowest BCUT2D eigenvalue weighted by Gasteiger charge is -1.97. The molecule has 0 radical (unpaired) electrons. The molecule has 13 heavy (non-hydrogen) atoms. The maximum Gasteiger partial charge on any atom is 0.305 e. The highest BCUT2D eigenvalue weighted by Gasteiger charge is 2.15. The Morgan fingerprint density at radius 3 is 2.54 bits per heavy atom. The number of amides is 1. The van der Waals surface area contributed by atoms with Crippen molar-refractivity contribution >= 4 is 38.6 Å². The van der Waals surface area contributed by atoms with Gasteiger partial charge < -0.3 is 0 Å². The summed E-state index contributed by atoms with van der Waals surface area (Å²) in [7, 11) is 0. The third-order valence-electron chi connectivity index (χ3n) is 1.74. The highest BCUT2D eigenvalue weighted by atomic mass is 79.9. The van der Waals surface area contributed by atoms with Gasteiger partial charge in [0.05, 0.1) is 5.71 Å². The lowest BCUT2D eigenvalue weighted by molar-refractivity contribution is 0.268. The van der Waals surface area contributed by atoms with Crippen molar-refractivity contribution in [2.24, 2.45) is 4.99 Å². The maximum absolute atomic E-state index is 10.9. The summed E-state index contributed by atoms with van der Waals surface area (Å²) in [5.41, 5.74) is 1.91.